The standard InChI is InChI=1S/C22H37N5O3/c1-21(2,3)30-20(28)26-22(4,5)16-25-19(23-6)24-15-17-9-7-8-10-18(17)27-11-13-29-14-12-27/h7-10H,11-16H2,1-6H3,(H,26,28)(H2,23,24,25). The number of rotatable bonds is 6. The maximum Gasteiger partial charge on any atom is 0.408 e. The molecule has 1 fully saturated rings. The molecule has 0 bridgehead atoms. The van der Waals surface area contributed by atoms with Crippen LogP contribution in [0.15, 0.2) is 29.3 Å². The van der Waals surface area contributed by atoms with Crippen molar-refractivity contribution in [3.63, 3.8) is 0 Å². The van der Waals surface area contributed by atoms with Gasteiger partial charge >= 0.3 is 6.09 Å². The third-order valence-electron chi connectivity index (χ3n) is 4.55. The Bertz CT molecular complexity index is 722. The number of para-hydroxylation sites is 1. The van der Waals surface area contributed by atoms with Gasteiger partial charge in [0.25, 0.3) is 0 Å². The lowest BCUT2D eigenvalue weighted by atomic mass is 10.1. The van der Waals surface area contributed by atoms with Gasteiger partial charge in [0.2, 0.25) is 0 Å². The normalized spacial score (nSPS) is 15.5. The molecule has 1 amide bonds. The molecule has 30 heavy (non-hydrogen) atoms. The summed E-state index contributed by atoms with van der Waals surface area (Å²) in [5.41, 5.74) is 1.38. The summed E-state index contributed by atoms with van der Waals surface area (Å²) < 4.78 is 10.8. The van der Waals surface area contributed by atoms with Crippen LogP contribution in [0.3, 0.4) is 0 Å². The monoisotopic (exact) mass is 419 g/mol. The van der Waals surface area contributed by atoms with Gasteiger partial charge in [-0.25, -0.2) is 4.79 Å². The number of anilines is 1. The lowest BCUT2D eigenvalue weighted by Gasteiger charge is -2.31. The lowest BCUT2D eigenvalue weighted by molar-refractivity contribution is 0.0474. The molecule has 168 valence electrons. The molecule has 0 aliphatic carbocycles. The quantitative estimate of drug-likeness (QED) is 0.485. The first kappa shape index (κ1) is 23.8. The van der Waals surface area contributed by atoms with Gasteiger partial charge in [0.1, 0.15) is 5.60 Å². The molecule has 0 radical (unpaired) electrons. The summed E-state index contributed by atoms with van der Waals surface area (Å²) in [6.07, 6.45) is -0.434. The highest BCUT2D eigenvalue weighted by Crippen LogP contribution is 2.21. The summed E-state index contributed by atoms with van der Waals surface area (Å²) >= 11 is 0. The van der Waals surface area contributed by atoms with Crippen molar-refractivity contribution in [2.75, 3.05) is 44.8 Å². The molecule has 2 rings (SSSR count). The molecule has 0 spiro atoms. The van der Waals surface area contributed by atoms with E-state index in [4.69, 9.17) is 9.47 Å². The van der Waals surface area contributed by atoms with Crippen LogP contribution in [0.1, 0.15) is 40.2 Å². The predicted octanol–water partition coefficient (Wildman–Crippen LogP) is 2.49. The zero-order valence-corrected chi connectivity index (χ0v) is 19.2. The summed E-state index contributed by atoms with van der Waals surface area (Å²) in [6, 6.07) is 8.38. The van der Waals surface area contributed by atoms with Gasteiger partial charge in [-0.2, -0.15) is 0 Å². The van der Waals surface area contributed by atoms with Gasteiger partial charge in [0, 0.05) is 38.9 Å². The van der Waals surface area contributed by atoms with Crippen LogP contribution in [0.5, 0.6) is 0 Å². The number of ether oxygens (including phenoxy) is 2. The minimum atomic E-state index is -0.529. The van der Waals surface area contributed by atoms with E-state index in [-0.39, 0.29) is 0 Å². The summed E-state index contributed by atoms with van der Waals surface area (Å²) in [5, 5.41) is 9.54. The molecule has 1 aromatic rings. The SMILES string of the molecule is CN=C(NCc1ccccc1N1CCOCC1)NCC(C)(C)NC(=O)OC(C)(C)C. The van der Waals surface area contributed by atoms with Crippen molar-refractivity contribution in [1.82, 2.24) is 16.0 Å². The smallest absolute Gasteiger partial charge is 0.408 e. The van der Waals surface area contributed by atoms with E-state index in [1.54, 1.807) is 7.05 Å². The van der Waals surface area contributed by atoms with Crippen LogP contribution in [0, 0.1) is 0 Å². The maximum atomic E-state index is 12.1. The van der Waals surface area contributed by atoms with Crippen molar-refractivity contribution in [3.8, 4) is 0 Å². The fourth-order valence-corrected chi connectivity index (χ4v) is 3.10. The number of morpholine rings is 1. The van der Waals surface area contributed by atoms with Gasteiger partial charge < -0.3 is 30.3 Å². The molecule has 0 aromatic heterocycles. The predicted molar refractivity (Wildman–Crippen MR) is 121 cm³/mol. The largest absolute Gasteiger partial charge is 0.444 e. The van der Waals surface area contributed by atoms with E-state index in [9.17, 15) is 4.79 Å². The highest BCUT2D eigenvalue weighted by atomic mass is 16.6. The molecule has 0 unspecified atom stereocenters. The second-order valence-electron chi connectivity index (χ2n) is 9.02. The fourth-order valence-electron chi connectivity index (χ4n) is 3.10. The number of aliphatic imine (C=N–C) groups is 1. The minimum absolute atomic E-state index is 0.434. The molecule has 1 aliphatic heterocycles. The van der Waals surface area contributed by atoms with Gasteiger partial charge in [-0.3, -0.25) is 4.99 Å². The number of nitrogens with zero attached hydrogens (tertiary/aromatic N) is 2. The van der Waals surface area contributed by atoms with Crippen LogP contribution in [-0.2, 0) is 16.0 Å². The van der Waals surface area contributed by atoms with Gasteiger partial charge in [-0.15, -0.1) is 0 Å². The van der Waals surface area contributed by atoms with Gasteiger partial charge in [-0.05, 0) is 46.2 Å². The Morgan fingerprint density at radius 1 is 1.13 bits per heavy atom. The molecule has 3 N–H and O–H groups in total. The number of carbonyl (C=O) groups excluding carboxylic acids is 1. The Morgan fingerprint density at radius 3 is 2.43 bits per heavy atom. The van der Waals surface area contributed by atoms with Crippen molar-refractivity contribution >= 4 is 17.7 Å². The first-order valence-electron chi connectivity index (χ1n) is 10.5. The fraction of sp³-hybridized carbons (Fsp3) is 0.636. The second kappa shape index (κ2) is 10.5. The summed E-state index contributed by atoms with van der Waals surface area (Å²) in [7, 11) is 1.73. The molecule has 1 saturated heterocycles. The van der Waals surface area contributed by atoms with Crippen LogP contribution >= 0.6 is 0 Å². The molecule has 0 atom stereocenters. The molecule has 1 heterocycles. The third kappa shape index (κ3) is 8.10. The average molecular weight is 420 g/mol. The van der Waals surface area contributed by atoms with Crippen molar-refractivity contribution in [2.24, 2.45) is 4.99 Å². The van der Waals surface area contributed by atoms with Crippen LogP contribution in [0.25, 0.3) is 0 Å². The molecule has 8 nitrogen and oxygen atoms in total. The number of alkyl carbamates (subject to hydrolysis) is 1. The van der Waals surface area contributed by atoms with Gasteiger partial charge in [-0.1, -0.05) is 18.2 Å². The number of amides is 1. The van der Waals surface area contributed by atoms with Crippen LogP contribution < -0.4 is 20.9 Å². The summed E-state index contributed by atoms with van der Waals surface area (Å²) in [6.45, 7) is 13.9. The number of hydrogen-bond acceptors (Lipinski definition) is 5. The molecule has 1 aliphatic rings. The topological polar surface area (TPSA) is 87.2 Å². The molecular weight excluding hydrogens is 382 g/mol. The number of guanidine groups is 1. The highest BCUT2D eigenvalue weighted by molar-refractivity contribution is 5.80. The summed E-state index contributed by atoms with van der Waals surface area (Å²) in [5.74, 6) is 0.672. The number of benzene rings is 1. The number of hydrogen-bond donors (Lipinski definition) is 3. The van der Waals surface area contributed by atoms with Crippen molar-refractivity contribution in [2.45, 2.75) is 52.3 Å². The van der Waals surface area contributed by atoms with E-state index in [0.29, 0.717) is 19.0 Å². The number of nitrogens with one attached hydrogen (secondary N) is 3. The average Bonchev–Trinajstić information content (AvgIpc) is 2.67. The first-order chi connectivity index (χ1) is 14.1. The molecular formula is C22H37N5O3. The molecule has 1 aromatic carbocycles. The van der Waals surface area contributed by atoms with E-state index in [2.05, 4.69) is 44.0 Å². The first-order valence-corrected chi connectivity index (χ1v) is 10.5. The van der Waals surface area contributed by atoms with Gasteiger partial charge in [0.15, 0.2) is 5.96 Å². The van der Waals surface area contributed by atoms with Crippen molar-refractivity contribution in [3.05, 3.63) is 29.8 Å². The Hall–Kier alpha value is -2.48. The van der Waals surface area contributed by atoms with E-state index < -0.39 is 17.2 Å². The lowest BCUT2D eigenvalue weighted by Crippen LogP contribution is -2.54. The van der Waals surface area contributed by atoms with Crippen LogP contribution in [-0.4, -0.2) is 63.1 Å². The third-order valence-corrected chi connectivity index (χ3v) is 4.55. The van der Waals surface area contributed by atoms with Crippen LogP contribution in [0.2, 0.25) is 0 Å². The highest BCUT2D eigenvalue weighted by Gasteiger charge is 2.25. The van der Waals surface area contributed by atoms with E-state index in [0.717, 1.165) is 26.3 Å². The Labute approximate surface area is 180 Å². The zero-order chi connectivity index (χ0) is 22.2. The zero-order valence-electron chi connectivity index (χ0n) is 19.2. The second-order valence-corrected chi connectivity index (χ2v) is 9.02. The minimum Gasteiger partial charge on any atom is -0.444 e. The molecule has 8 heteroatoms. The van der Waals surface area contributed by atoms with E-state index >= 15 is 0 Å². The van der Waals surface area contributed by atoms with Crippen LogP contribution in [0.4, 0.5) is 10.5 Å². The Balaban J connectivity index is 1.89. The number of carbonyl (C=O) groups is 1. The van der Waals surface area contributed by atoms with Gasteiger partial charge in [0.05, 0.1) is 18.8 Å². The van der Waals surface area contributed by atoms with Crippen molar-refractivity contribution < 1.29 is 14.3 Å². The van der Waals surface area contributed by atoms with E-state index in [1.165, 1.54) is 11.3 Å². The summed E-state index contributed by atoms with van der Waals surface area (Å²) in [4.78, 5) is 18.7. The molecule has 0 saturated carbocycles. The van der Waals surface area contributed by atoms with Crippen molar-refractivity contribution in [1.29, 1.82) is 0 Å². The Morgan fingerprint density at radius 2 is 1.80 bits per heavy atom. The Kier molecular flexibility index (Phi) is 8.34. The van der Waals surface area contributed by atoms with E-state index in [1.807, 2.05) is 40.7 Å². The maximum absolute atomic E-state index is 12.1.